The second-order valence-electron chi connectivity index (χ2n) is 7.97. The van der Waals surface area contributed by atoms with E-state index in [0.29, 0.717) is 41.1 Å². The van der Waals surface area contributed by atoms with Gasteiger partial charge in [-0.3, -0.25) is 9.48 Å². The number of hydrogen-bond acceptors (Lipinski definition) is 4. The van der Waals surface area contributed by atoms with Crippen LogP contribution in [0.2, 0.25) is 0 Å². The van der Waals surface area contributed by atoms with Crippen molar-refractivity contribution < 1.29 is 18.0 Å². The van der Waals surface area contributed by atoms with E-state index in [2.05, 4.69) is 15.1 Å². The van der Waals surface area contributed by atoms with Gasteiger partial charge in [0.05, 0.1) is 23.3 Å². The number of carbonyl (C=O) groups is 1. The normalized spacial score (nSPS) is 13.6. The molecule has 4 aromatic rings. The minimum atomic E-state index is -1.51. The molecule has 5 rings (SSSR count). The highest BCUT2D eigenvalue weighted by molar-refractivity contribution is 6.05. The molecule has 0 N–H and O–H groups in total. The molecule has 1 aliphatic heterocycles. The van der Waals surface area contributed by atoms with Gasteiger partial charge in [0.15, 0.2) is 17.5 Å². The van der Waals surface area contributed by atoms with E-state index in [4.69, 9.17) is 0 Å². The zero-order chi connectivity index (χ0) is 22.7. The second-order valence-corrected chi connectivity index (χ2v) is 7.97. The Kier molecular flexibility index (Phi) is 4.54. The van der Waals surface area contributed by atoms with Crippen LogP contribution in [-0.2, 0) is 27.1 Å². The number of carbonyl (C=O) groups excluding carboxylic acids is 1. The van der Waals surface area contributed by atoms with Crippen molar-refractivity contribution in [2.45, 2.75) is 19.9 Å². The Labute approximate surface area is 181 Å². The van der Waals surface area contributed by atoms with E-state index < -0.39 is 17.5 Å². The van der Waals surface area contributed by atoms with Crippen molar-refractivity contribution in [2.24, 2.45) is 14.1 Å². The lowest BCUT2D eigenvalue weighted by molar-refractivity contribution is 0.0728. The van der Waals surface area contributed by atoms with Crippen LogP contribution in [0.15, 0.2) is 24.7 Å². The summed E-state index contributed by atoms with van der Waals surface area (Å²) in [7, 11) is 3.51. The van der Waals surface area contributed by atoms with Crippen LogP contribution in [0.3, 0.4) is 0 Å². The number of fused-ring (bicyclic) bond motifs is 2. The average molecular weight is 440 g/mol. The first kappa shape index (κ1) is 20.2. The molecule has 0 saturated heterocycles. The first-order valence-electron chi connectivity index (χ1n) is 10.0. The van der Waals surface area contributed by atoms with Crippen molar-refractivity contribution in [1.29, 1.82) is 0 Å². The van der Waals surface area contributed by atoms with Gasteiger partial charge in [-0.25, -0.2) is 23.1 Å². The lowest BCUT2D eigenvalue weighted by atomic mass is 9.99. The fraction of sp³-hybridized carbons (Fsp3) is 0.273. The van der Waals surface area contributed by atoms with Crippen LogP contribution in [0.5, 0.6) is 0 Å². The molecule has 0 fully saturated rings. The van der Waals surface area contributed by atoms with Crippen molar-refractivity contribution >= 4 is 16.9 Å². The molecule has 1 aliphatic rings. The van der Waals surface area contributed by atoms with Crippen LogP contribution in [-0.4, -0.2) is 41.7 Å². The first-order valence-corrected chi connectivity index (χ1v) is 10.0. The topological polar surface area (TPSA) is 68.8 Å². The van der Waals surface area contributed by atoms with Crippen LogP contribution < -0.4 is 0 Å². The molecule has 4 heterocycles. The van der Waals surface area contributed by atoms with Gasteiger partial charge in [0.25, 0.3) is 5.91 Å². The number of nitrogens with zero attached hydrogens (tertiary/aromatic N) is 6. The van der Waals surface area contributed by atoms with Crippen LogP contribution in [0, 0.1) is 24.4 Å². The van der Waals surface area contributed by atoms with Gasteiger partial charge in [0, 0.05) is 38.0 Å². The fourth-order valence-electron chi connectivity index (χ4n) is 4.48. The zero-order valence-corrected chi connectivity index (χ0v) is 17.7. The van der Waals surface area contributed by atoms with Gasteiger partial charge < -0.3 is 9.47 Å². The number of rotatable bonds is 2. The van der Waals surface area contributed by atoms with Crippen molar-refractivity contribution in [3.05, 3.63) is 64.6 Å². The van der Waals surface area contributed by atoms with Gasteiger partial charge >= 0.3 is 0 Å². The van der Waals surface area contributed by atoms with Crippen LogP contribution >= 0.6 is 0 Å². The second kappa shape index (κ2) is 7.18. The molecule has 1 aromatic carbocycles. The van der Waals surface area contributed by atoms with E-state index in [0.717, 1.165) is 23.3 Å². The summed E-state index contributed by atoms with van der Waals surface area (Å²) in [5.41, 5.74) is 4.04. The third kappa shape index (κ3) is 2.97. The molecule has 0 aliphatic carbocycles. The molecule has 0 saturated carbocycles. The summed E-state index contributed by atoms with van der Waals surface area (Å²) < 4.78 is 44.4. The van der Waals surface area contributed by atoms with E-state index >= 15 is 0 Å². The molecule has 0 atom stereocenters. The Balaban J connectivity index is 1.51. The van der Waals surface area contributed by atoms with Crippen molar-refractivity contribution in [3.63, 3.8) is 0 Å². The number of hydrogen-bond donors (Lipinski definition) is 0. The number of benzene rings is 1. The van der Waals surface area contributed by atoms with Gasteiger partial charge in [-0.1, -0.05) is 0 Å². The van der Waals surface area contributed by atoms with Gasteiger partial charge in [-0.2, -0.15) is 5.10 Å². The largest absolute Gasteiger partial charge is 0.335 e. The molecule has 0 unspecified atom stereocenters. The predicted octanol–water partition coefficient (Wildman–Crippen LogP) is 3.29. The van der Waals surface area contributed by atoms with E-state index in [-0.39, 0.29) is 18.0 Å². The average Bonchev–Trinajstić information content (AvgIpc) is 3.25. The molecule has 32 heavy (non-hydrogen) atoms. The summed E-state index contributed by atoms with van der Waals surface area (Å²) in [5.74, 6) is -4.25. The molecule has 1 amide bonds. The summed E-state index contributed by atoms with van der Waals surface area (Å²) >= 11 is 0. The number of aryl methyl sites for hydroxylation is 3. The number of amides is 1. The van der Waals surface area contributed by atoms with Crippen molar-refractivity contribution in [3.8, 4) is 11.3 Å². The molecule has 7 nitrogen and oxygen atoms in total. The molecule has 0 spiro atoms. The van der Waals surface area contributed by atoms with Crippen molar-refractivity contribution in [1.82, 2.24) is 29.2 Å². The third-order valence-corrected chi connectivity index (χ3v) is 5.89. The lowest BCUT2D eigenvalue weighted by Gasteiger charge is -2.26. The molecule has 3 aromatic heterocycles. The van der Waals surface area contributed by atoms with Gasteiger partial charge in [-0.15, -0.1) is 0 Å². The monoisotopic (exact) mass is 440 g/mol. The van der Waals surface area contributed by atoms with Crippen molar-refractivity contribution in [2.75, 3.05) is 6.54 Å². The summed E-state index contributed by atoms with van der Waals surface area (Å²) in [6.07, 6.45) is 3.71. The highest BCUT2D eigenvalue weighted by atomic mass is 19.2. The van der Waals surface area contributed by atoms with E-state index in [9.17, 15) is 18.0 Å². The maximum absolute atomic E-state index is 13.8. The highest BCUT2D eigenvalue weighted by Crippen LogP contribution is 2.32. The molecule has 164 valence electrons. The third-order valence-electron chi connectivity index (χ3n) is 5.89. The van der Waals surface area contributed by atoms with E-state index in [1.54, 1.807) is 11.9 Å². The summed E-state index contributed by atoms with van der Waals surface area (Å²) in [5, 5.41) is 5.18. The molecule has 10 heteroatoms. The molecular weight excluding hydrogens is 421 g/mol. The van der Waals surface area contributed by atoms with Crippen LogP contribution in [0.4, 0.5) is 13.2 Å². The van der Waals surface area contributed by atoms with Gasteiger partial charge in [-0.05, 0) is 31.0 Å². The van der Waals surface area contributed by atoms with Crippen LogP contribution in [0.1, 0.15) is 27.3 Å². The minimum Gasteiger partial charge on any atom is -0.335 e. The Morgan fingerprint density at radius 1 is 1.09 bits per heavy atom. The Morgan fingerprint density at radius 2 is 1.81 bits per heavy atom. The Morgan fingerprint density at radius 3 is 2.53 bits per heavy atom. The molecular formula is C22H19F3N6O. The maximum atomic E-state index is 13.8. The fourth-order valence-corrected chi connectivity index (χ4v) is 4.48. The summed E-state index contributed by atoms with van der Waals surface area (Å²) in [6.45, 7) is 2.52. The van der Waals surface area contributed by atoms with E-state index in [1.165, 1.54) is 11.0 Å². The van der Waals surface area contributed by atoms with Crippen LogP contribution in [0.25, 0.3) is 22.3 Å². The Hall–Kier alpha value is -3.69. The number of aromatic nitrogens is 5. The predicted molar refractivity (Wildman–Crippen MR) is 110 cm³/mol. The number of halogens is 3. The zero-order valence-electron chi connectivity index (χ0n) is 17.7. The summed E-state index contributed by atoms with van der Waals surface area (Å²) in [6, 6.07) is 1.92. The molecule has 0 bridgehead atoms. The minimum absolute atomic E-state index is 0.204. The summed E-state index contributed by atoms with van der Waals surface area (Å²) in [4.78, 5) is 23.5. The molecule has 0 radical (unpaired) electrons. The van der Waals surface area contributed by atoms with Gasteiger partial charge in [0.2, 0.25) is 0 Å². The van der Waals surface area contributed by atoms with Gasteiger partial charge in [0.1, 0.15) is 17.7 Å². The first-order chi connectivity index (χ1) is 15.3. The Bertz CT molecular complexity index is 1380. The maximum Gasteiger partial charge on any atom is 0.273 e. The quantitative estimate of drug-likeness (QED) is 0.449. The SMILES string of the molecule is Cc1cn(C)c2ncnc(C(=O)N3CCc4c(nn(C)c4-c4cc(F)c(F)c(F)c4)C3)c12. The smallest absolute Gasteiger partial charge is 0.273 e. The van der Waals surface area contributed by atoms with E-state index in [1.807, 2.05) is 24.7 Å². The standard InChI is InChI=1S/C22H19F3N6O/c1-11-8-29(2)21-17(11)19(26-10-27-21)22(32)31-5-4-13-16(9-31)28-30(3)20(13)12-6-14(23)18(25)15(24)7-12/h6-8,10H,4-5,9H2,1-3H3. The highest BCUT2D eigenvalue weighted by Gasteiger charge is 2.30. The lowest BCUT2D eigenvalue weighted by Crippen LogP contribution is -2.36.